The lowest BCUT2D eigenvalue weighted by Gasteiger charge is -2.15. The van der Waals surface area contributed by atoms with E-state index in [0.717, 1.165) is 11.3 Å². The summed E-state index contributed by atoms with van der Waals surface area (Å²) >= 11 is 0. The van der Waals surface area contributed by atoms with Crippen LogP contribution < -0.4 is 10.1 Å². The van der Waals surface area contributed by atoms with Crippen LogP contribution in [0.3, 0.4) is 0 Å². The molecule has 1 saturated heterocycles. The highest BCUT2D eigenvalue weighted by Gasteiger charge is 2.31. The van der Waals surface area contributed by atoms with Crippen LogP contribution in [-0.2, 0) is 9.53 Å². The second-order valence-electron chi connectivity index (χ2n) is 4.73. The molecule has 1 fully saturated rings. The topological polar surface area (TPSA) is 47.6 Å². The number of hydrogen-bond acceptors (Lipinski definition) is 4. The molecule has 4 nitrogen and oxygen atoms in total. The van der Waals surface area contributed by atoms with Gasteiger partial charge in [-0.15, -0.1) is 0 Å². The second-order valence-corrected chi connectivity index (χ2v) is 4.73. The number of carbonyl (C=O) groups is 1. The third-order valence-corrected chi connectivity index (χ3v) is 3.21. The Bertz CT molecular complexity index is 445. The minimum absolute atomic E-state index is 0.0228. The quantitative estimate of drug-likeness (QED) is 0.826. The van der Waals surface area contributed by atoms with E-state index in [9.17, 15) is 4.79 Å². The van der Waals surface area contributed by atoms with E-state index in [2.05, 4.69) is 11.4 Å². The molecule has 98 valence electrons. The van der Waals surface area contributed by atoms with Crippen LogP contribution in [0, 0.1) is 13.8 Å². The zero-order valence-electron chi connectivity index (χ0n) is 11.0. The van der Waals surface area contributed by atoms with Gasteiger partial charge >= 0.3 is 5.97 Å². The third-order valence-electron chi connectivity index (χ3n) is 3.21. The van der Waals surface area contributed by atoms with Crippen molar-refractivity contribution in [3.63, 3.8) is 0 Å². The number of benzene rings is 1. The van der Waals surface area contributed by atoms with Crippen molar-refractivity contribution in [1.29, 1.82) is 0 Å². The molecule has 0 bridgehead atoms. The molecule has 0 aliphatic carbocycles. The number of rotatable bonds is 3. The van der Waals surface area contributed by atoms with Crippen LogP contribution in [0.5, 0.6) is 5.75 Å². The lowest BCUT2D eigenvalue weighted by atomic mass is 10.1. The van der Waals surface area contributed by atoms with E-state index >= 15 is 0 Å². The average Bonchev–Trinajstić information content (AvgIpc) is 2.81. The molecule has 0 amide bonds. The molecule has 1 aliphatic rings. The first-order valence-electron chi connectivity index (χ1n) is 6.15. The molecule has 1 N–H and O–H groups in total. The Balaban J connectivity index is 1.99. The van der Waals surface area contributed by atoms with E-state index in [1.807, 2.05) is 26.0 Å². The van der Waals surface area contributed by atoms with Gasteiger partial charge in [0.15, 0.2) is 0 Å². The Morgan fingerprint density at radius 3 is 2.89 bits per heavy atom. The van der Waals surface area contributed by atoms with E-state index < -0.39 is 0 Å². The first kappa shape index (κ1) is 12.9. The van der Waals surface area contributed by atoms with Gasteiger partial charge in [0, 0.05) is 13.0 Å². The summed E-state index contributed by atoms with van der Waals surface area (Å²) in [5.41, 5.74) is 2.29. The molecule has 0 radical (unpaired) electrons. The molecule has 1 heterocycles. The summed E-state index contributed by atoms with van der Waals surface area (Å²) in [5.74, 6) is 0.675. The van der Waals surface area contributed by atoms with E-state index in [1.54, 1.807) is 0 Å². The van der Waals surface area contributed by atoms with E-state index in [4.69, 9.17) is 9.47 Å². The summed E-state index contributed by atoms with van der Waals surface area (Å²) in [7, 11) is 1.41. The van der Waals surface area contributed by atoms with Gasteiger partial charge in [-0.1, -0.05) is 12.1 Å². The maximum absolute atomic E-state index is 11.4. The number of aryl methyl sites for hydroxylation is 2. The van der Waals surface area contributed by atoms with Crippen molar-refractivity contribution in [2.24, 2.45) is 0 Å². The molecule has 1 aromatic rings. The first-order chi connectivity index (χ1) is 8.60. The Morgan fingerprint density at radius 2 is 2.17 bits per heavy atom. The smallest absolute Gasteiger partial charge is 0.323 e. The normalized spacial score (nSPS) is 22.8. The zero-order chi connectivity index (χ0) is 13.1. The van der Waals surface area contributed by atoms with Gasteiger partial charge in [-0.3, -0.25) is 4.79 Å². The summed E-state index contributed by atoms with van der Waals surface area (Å²) < 4.78 is 10.7. The monoisotopic (exact) mass is 249 g/mol. The molecule has 1 aromatic carbocycles. The van der Waals surface area contributed by atoms with Crippen molar-refractivity contribution in [3.8, 4) is 5.75 Å². The summed E-state index contributed by atoms with van der Waals surface area (Å²) in [4.78, 5) is 11.4. The minimum Gasteiger partial charge on any atom is -0.489 e. The highest BCUT2D eigenvalue weighted by Crippen LogP contribution is 2.23. The Kier molecular flexibility index (Phi) is 3.87. The fourth-order valence-electron chi connectivity index (χ4n) is 2.13. The fraction of sp³-hybridized carbons (Fsp3) is 0.500. The summed E-state index contributed by atoms with van der Waals surface area (Å²) in [5, 5.41) is 3.11. The van der Waals surface area contributed by atoms with Crippen LogP contribution in [0.15, 0.2) is 18.2 Å². The molecule has 2 rings (SSSR count). The van der Waals surface area contributed by atoms with Crippen LogP contribution in [0.25, 0.3) is 0 Å². The number of esters is 1. The van der Waals surface area contributed by atoms with Crippen LogP contribution in [0.4, 0.5) is 0 Å². The first-order valence-corrected chi connectivity index (χ1v) is 6.15. The summed E-state index contributed by atoms with van der Waals surface area (Å²) in [6.07, 6.45) is 0.676. The Labute approximate surface area is 107 Å². The maximum Gasteiger partial charge on any atom is 0.323 e. The van der Waals surface area contributed by atoms with E-state index in [0.29, 0.717) is 13.0 Å². The highest BCUT2D eigenvalue weighted by molar-refractivity contribution is 5.76. The van der Waals surface area contributed by atoms with Gasteiger partial charge in [-0.25, -0.2) is 0 Å². The largest absolute Gasteiger partial charge is 0.489 e. The van der Waals surface area contributed by atoms with Crippen molar-refractivity contribution < 1.29 is 14.3 Å². The molecule has 0 spiro atoms. The Morgan fingerprint density at radius 1 is 1.39 bits per heavy atom. The third kappa shape index (κ3) is 2.82. The van der Waals surface area contributed by atoms with Crippen molar-refractivity contribution >= 4 is 5.97 Å². The minimum atomic E-state index is -0.245. The highest BCUT2D eigenvalue weighted by atomic mass is 16.5. The number of methoxy groups -OCH3 is 1. The molecule has 0 aromatic heterocycles. The molecular formula is C14H19NO3. The predicted molar refractivity (Wildman–Crippen MR) is 68.8 cm³/mol. The predicted octanol–water partition coefficient (Wildman–Crippen LogP) is 1.59. The van der Waals surface area contributed by atoms with Gasteiger partial charge in [0.1, 0.15) is 17.9 Å². The standard InChI is InChI=1S/C14H19NO3/c1-9-4-5-10(2)13(6-9)18-11-7-12(15-8-11)14(16)17-3/h4-6,11-12,15H,7-8H2,1-3H3/t11-,12-/m1/s1. The van der Waals surface area contributed by atoms with Crippen LogP contribution in [0.2, 0.25) is 0 Å². The maximum atomic E-state index is 11.4. The van der Waals surface area contributed by atoms with Gasteiger partial charge in [-0.05, 0) is 31.0 Å². The zero-order valence-corrected chi connectivity index (χ0v) is 11.0. The van der Waals surface area contributed by atoms with Crippen molar-refractivity contribution in [2.45, 2.75) is 32.4 Å². The lowest BCUT2D eigenvalue weighted by molar-refractivity contribution is -0.142. The van der Waals surface area contributed by atoms with Crippen molar-refractivity contribution in [1.82, 2.24) is 5.32 Å². The van der Waals surface area contributed by atoms with Crippen molar-refractivity contribution in [2.75, 3.05) is 13.7 Å². The van der Waals surface area contributed by atoms with Gasteiger partial charge in [0.2, 0.25) is 0 Å². The van der Waals surface area contributed by atoms with Crippen LogP contribution >= 0.6 is 0 Å². The number of nitrogens with one attached hydrogen (secondary N) is 1. The van der Waals surface area contributed by atoms with Gasteiger partial charge in [0.25, 0.3) is 0 Å². The molecule has 4 heteroatoms. The average molecular weight is 249 g/mol. The summed E-state index contributed by atoms with van der Waals surface area (Å²) in [6, 6.07) is 5.89. The molecule has 1 aliphatic heterocycles. The van der Waals surface area contributed by atoms with Crippen LogP contribution in [-0.4, -0.2) is 31.8 Å². The van der Waals surface area contributed by atoms with Gasteiger partial charge in [-0.2, -0.15) is 0 Å². The molecule has 0 saturated carbocycles. The SMILES string of the molecule is COC(=O)[C@H]1C[C@@H](Oc2cc(C)ccc2C)CN1. The number of carbonyl (C=O) groups excluding carboxylic acids is 1. The molecule has 0 unspecified atom stereocenters. The molecule has 2 atom stereocenters. The molecular weight excluding hydrogens is 230 g/mol. The number of ether oxygens (including phenoxy) is 2. The summed E-state index contributed by atoms with van der Waals surface area (Å²) in [6.45, 7) is 4.73. The second kappa shape index (κ2) is 5.40. The van der Waals surface area contributed by atoms with Crippen LogP contribution in [0.1, 0.15) is 17.5 Å². The van der Waals surface area contributed by atoms with Gasteiger partial charge in [0.05, 0.1) is 7.11 Å². The van der Waals surface area contributed by atoms with E-state index in [-0.39, 0.29) is 18.1 Å². The fourth-order valence-corrected chi connectivity index (χ4v) is 2.13. The number of hydrogen-bond donors (Lipinski definition) is 1. The lowest BCUT2D eigenvalue weighted by Crippen LogP contribution is -2.31. The van der Waals surface area contributed by atoms with E-state index in [1.165, 1.54) is 12.7 Å². The Hall–Kier alpha value is -1.55. The van der Waals surface area contributed by atoms with Gasteiger partial charge < -0.3 is 14.8 Å². The van der Waals surface area contributed by atoms with Crippen molar-refractivity contribution in [3.05, 3.63) is 29.3 Å². The molecule has 18 heavy (non-hydrogen) atoms.